The number of anilines is 2. The van der Waals surface area contributed by atoms with E-state index in [-0.39, 0.29) is 0 Å². The Hall–Kier alpha value is -1.41. The minimum atomic E-state index is -0.527. The summed E-state index contributed by atoms with van der Waals surface area (Å²) in [5.41, 5.74) is 7.33. The lowest BCUT2D eigenvalue weighted by atomic mass is 10.1. The first-order valence-electron chi connectivity index (χ1n) is 7.00. The third kappa shape index (κ3) is 3.80. The maximum Gasteiger partial charge on any atom is 0.324 e. The van der Waals surface area contributed by atoms with Crippen LogP contribution in [-0.4, -0.2) is 17.7 Å². The molecule has 0 aliphatic carbocycles. The van der Waals surface area contributed by atoms with E-state index in [4.69, 9.17) is 28.9 Å². The Balaban J connectivity index is 1.81. The van der Waals surface area contributed by atoms with Crippen LogP contribution in [0.2, 0.25) is 10.0 Å². The van der Waals surface area contributed by atoms with E-state index in [0.29, 0.717) is 26.3 Å². The van der Waals surface area contributed by atoms with Crippen LogP contribution in [-0.2, 0) is 12.2 Å². The summed E-state index contributed by atoms with van der Waals surface area (Å²) in [6.45, 7) is 0. The molecule has 0 fully saturated rings. The van der Waals surface area contributed by atoms with E-state index < -0.39 is 11.9 Å². The first-order chi connectivity index (χ1) is 11.4. The molecule has 0 spiro atoms. The predicted molar refractivity (Wildman–Crippen MR) is 102 cm³/mol. The molecule has 126 valence electrons. The van der Waals surface area contributed by atoms with E-state index in [1.54, 1.807) is 30.0 Å². The van der Waals surface area contributed by atoms with Crippen LogP contribution >= 0.6 is 46.3 Å². The highest BCUT2D eigenvalue weighted by molar-refractivity contribution is 7.98. The van der Waals surface area contributed by atoms with Crippen molar-refractivity contribution in [2.75, 3.05) is 16.4 Å². The zero-order valence-electron chi connectivity index (χ0n) is 12.3. The van der Waals surface area contributed by atoms with Crippen molar-refractivity contribution in [2.24, 2.45) is 5.73 Å². The van der Waals surface area contributed by atoms with Crippen molar-refractivity contribution in [3.8, 4) is 0 Å². The number of primary amides is 1. The van der Waals surface area contributed by atoms with Crippen LogP contribution in [0.3, 0.4) is 0 Å². The van der Waals surface area contributed by atoms with Crippen molar-refractivity contribution in [1.29, 1.82) is 0 Å². The fraction of sp³-hybridized carbons (Fsp3) is 0.200. The second-order valence-electron chi connectivity index (χ2n) is 5.11. The van der Waals surface area contributed by atoms with Crippen molar-refractivity contribution >= 4 is 68.9 Å². The molecule has 1 aromatic carbocycles. The number of hydrogen-bond donors (Lipinski definition) is 3. The Labute approximate surface area is 156 Å². The lowest BCUT2D eigenvalue weighted by Crippen LogP contribution is -2.22. The highest BCUT2D eigenvalue weighted by Crippen LogP contribution is 2.39. The molecule has 1 aliphatic rings. The zero-order chi connectivity index (χ0) is 17.3. The number of nitrogens with one attached hydrogen (secondary N) is 2. The Kier molecular flexibility index (Phi) is 5.24. The second kappa shape index (κ2) is 7.23. The van der Waals surface area contributed by atoms with Crippen LogP contribution in [0.25, 0.3) is 0 Å². The Morgan fingerprint density at radius 1 is 1.12 bits per heavy atom. The average molecular weight is 402 g/mol. The van der Waals surface area contributed by atoms with Gasteiger partial charge in [-0.25, -0.2) is 4.79 Å². The molecule has 0 bridgehead atoms. The summed E-state index contributed by atoms with van der Waals surface area (Å²) in [7, 11) is 0. The van der Waals surface area contributed by atoms with Gasteiger partial charge in [-0.2, -0.15) is 11.8 Å². The van der Waals surface area contributed by atoms with Gasteiger partial charge < -0.3 is 11.1 Å². The lowest BCUT2D eigenvalue weighted by Gasteiger charge is -2.11. The van der Waals surface area contributed by atoms with Gasteiger partial charge in [-0.05, 0) is 35.9 Å². The normalized spacial score (nSPS) is 13.2. The number of fused-ring (bicyclic) bond motifs is 1. The van der Waals surface area contributed by atoms with Gasteiger partial charge in [0.2, 0.25) is 0 Å². The number of halogens is 2. The summed E-state index contributed by atoms with van der Waals surface area (Å²) >= 11 is 15.0. The Bertz CT molecular complexity index is 803. The molecule has 0 radical (unpaired) electrons. The van der Waals surface area contributed by atoms with Crippen LogP contribution in [0, 0.1) is 0 Å². The number of carbonyl (C=O) groups excluding carboxylic acids is 2. The number of urea groups is 1. The third-order valence-electron chi connectivity index (χ3n) is 3.41. The number of benzene rings is 1. The number of carbonyl (C=O) groups is 2. The van der Waals surface area contributed by atoms with Crippen LogP contribution in [0.15, 0.2) is 18.2 Å². The molecule has 0 unspecified atom stereocenters. The number of thiophene rings is 1. The van der Waals surface area contributed by atoms with Crippen molar-refractivity contribution in [1.82, 2.24) is 0 Å². The largest absolute Gasteiger partial charge is 0.365 e. The maximum atomic E-state index is 12.2. The van der Waals surface area contributed by atoms with Gasteiger partial charge >= 0.3 is 6.03 Å². The predicted octanol–water partition coefficient (Wildman–Crippen LogP) is 4.59. The molecule has 1 aromatic heterocycles. The number of hydrogen-bond acceptors (Lipinski definition) is 4. The molecule has 1 aliphatic heterocycles. The summed E-state index contributed by atoms with van der Waals surface area (Å²) < 4.78 is 0. The lowest BCUT2D eigenvalue weighted by molar-refractivity contribution is 0.100. The SMILES string of the molecule is NC(=O)c1c(NC(=O)Nc2cc(Cl)cc(Cl)c2)sc2c1CCSC2. The van der Waals surface area contributed by atoms with Gasteiger partial charge in [0.05, 0.1) is 5.56 Å². The zero-order valence-corrected chi connectivity index (χ0v) is 15.5. The Morgan fingerprint density at radius 3 is 2.50 bits per heavy atom. The quantitative estimate of drug-likeness (QED) is 0.702. The summed E-state index contributed by atoms with van der Waals surface area (Å²) in [6, 6.07) is 4.25. The van der Waals surface area contributed by atoms with E-state index in [0.717, 1.165) is 28.4 Å². The molecule has 3 rings (SSSR count). The molecule has 24 heavy (non-hydrogen) atoms. The molecule has 2 heterocycles. The van der Waals surface area contributed by atoms with Gasteiger partial charge in [0.1, 0.15) is 5.00 Å². The molecule has 2 aromatic rings. The second-order valence-corrected chi connectivity index (χ2v) is 8.20. The van der Waals surface area contributed by atoms with Crippen molar-refractivity contribution in [2.45, 2.75) is 12.2 Å². The molecule has 0 atom stereocenters. The highest BCUT2D eigenvalue weighted by Gasteiger charge is 2.25. The molecule has 3 amide bonds. The number of rotatable bonds is 3. The molecule has 0 saturated carbocycles. The average Bonchev–Trinajstić information content (AvgIpc) is 2.83. The standard InChI is InChI=1S/C15H13Cl2N3O2S2/c16-7-3-8(17)5-9(4-7)19-15(22)20-14-12(13(18)21)10-1-2-23-6-11(10)24-14/h3-5H,1-2,6H2,(H2,18,21)(H2,19,20,22). The van der Waals surface area contributed by atoms with Gasteiger partial charge in [-0.1, -0.05) is 23.2 Å². The highest BCUT2D eigenvalue weighted by atomic mass is 35.5. The minimum Gasteiger partial charge on any atom is -0.365 e. The summed E-state index contributed by atoms with van der Waals surface area (Å²) in [5.74, 6) is 1.24. The van der Waals surface area contributed by atoms with Gasteiger partial charge in [0, 0.05) is 26.4 Å². The molecular weight excluding hydrogens is 389 g/mol. The van der Waals surface area contributed by atoms with Gasteiger partial charge in [0.15, 0.2) is 0 Å². The van der Waals surface area contributed by atoms with Crippen LogP contribution in [0.4, 0.5) is 15.5 Å². The Morgan fingerprint density at radius 2 is 1.83 bits per heavy atom. The molecule has 0 saturated heterocycles. The van der Waals surface area contributed by atoms with E-state index in [1.807, 2.05) is 0 Å². The van der Waals surface area contributed by atoms with E-state index in [2.05, 4.69) is 10.6 Å². The molecule has 9 heteroatoms. The number of nitrogens with two attached hydrogens (primary N) is 1. The minimum absolute atomic E-state index is 0.412. The summed E-state index contributed by atoms with van der Waals surface area (Å²) in [4.78, 5) is 25.1. The third-order valence-corrected chi connectivity index (χ3v) is 6.17. The monoisotopic (exact) mass is 401 g/mol. The van der Waals surface area contributed by atoms with Crippen LogP contribution < -0.4 is 16.4 Å². The summed E-state index contributed by atoms with van der Waals surface area (Å²) in [5, 5.41) is 6.66. The fourth-order valence-corrected chi connectivity index (χ4v) is 5.38. The number of amides is 3. The van der Waals surface area contributed by atoms with Gasteiger partial charge in [-0.15, -0.1) is 11.3 Å². The topological polar surface area (TPSA) is 84.2 Å². The first-order valence-corrected chi connectivity index (χ1v) is 9.73. The first kappa shape index (κ1) is 17.4. The van der Waals surface area contributed by atoms with Gasteiger partial charge in [0.25, 0.3) is 5.91 Å². The van der Waals surface area contributed by atoms with Crippen LogP contribution in [0.1, 0.15) is 20.8 Å². The molecular formula is C15H13Cl2N3O2S2. The smallest absolute Gasteiger partial charge is 0.324 e. The van der Waals surface area contributed by atoms with Crippen molar-refractivity contribution in [3.63, 3.8) is 0 Å². The summed E-state index contributed by atoms with van der Waals surface area (Å²) in [6.07, 6.45) is 0.780. The number of thioether (sulfide) groups is 1. The van der Waals surface area contributed by atoms with E-state index >= 15 is 0 Å². The fourth-order valence-electron chi connectivity index (χ4n) is 2.47. The van der Waals surface area contributed by atoms with E-state index in [9.17, 15) is 9.59 Å². The maximum absolute atomic E-state index is 12.2. The van der Waals surface area contributed by atoms with Crippen LogP contribution in [0.5, 0.6) is 0 Å². The van der Waals surface area contributed by atoms with E-state index in [1.165, 1.54) is 11.3 Å². The van der Waals surface area contributed by atoms with Gasteiger partial charge in [-0.3, -0.25) is 10.1 Å². The van der Waals surface area contributed by atoms with Crippen molar-refractivity contribution in [3.05, 3.63) is 44.2 Å². The molecule has 5 nitrogen and oxygen atoms in total. The van der Waals surface area contributed by atoms with Crippen molar-refractivity contribution < 1.29 is 9.59 Å². The molecule has 4 N–H and O–H groups in total.